The second-order valence-corrected chi connectivity index (χ2v) is 4.32. The van der Waals surface area contributed by atoms with Gasteiger partial charge in [0.05, 0.1) is 18.7 Å². The van der Waals surface area contributed by atoms with Gasteiger partial charge in [0.2, 0.25) is 0 Å². The molecule has 20 heavy (non-hydrogen) atoms. The second-order valence-electron chi connectivity index (χ2n) is 4.32. The van der Waals surface area contributed by atoms with Gasteiger partial charge in [0.1, 0.15) is 11.5 Å². The summed E-state index contributed by atoms with van der Waals surface area (Å²) in [7, 11) is 1.66. The molecule has 0 bridgehead atoms. The Balaban J connectivity index is 1.99. The van der Waals surface area contributed by atoms with E-state index in [1.165, 1.54) is 0 Å². The van der Waals surface area contributed by atoms with E-state index < -0.39 is 5.97 Å². The van der Waals surface area contributed by atoms with E-state index in [2.05, 4.69) is 5.32 Å². The van der Waals surface area contributed by atoms with Gasteiger partial charge in [0.15, 0.2) is 0 Å². The first-order chi connectivity index (χ1) is 9.70. The van der Waals surface area contributed by atoms with Crippen LogP contribution in [0.15, 0.2) is 40.8 Å². The van der Waals surface area contributed by atoms with Crippen molar-refractivity contribution in [1.82, 2.24) is 5.32 Å². The summed E-state index contributed by atoms with van der Waals surface area (Å²) >= 11 is 0. The quantitative estimate of drug-likeness (QED) is 0.759. The molecule has 0 unspecified atom stereocenters. The average molecular weight is 275 g/mol. The first-order valence-electron chi connectivity index (χ1n) is 6.33. The van der Waals surface area contributed by atoms with Crippen LogP contribution in [0.5, 0.6) is 0 Å². The van der Waals surface area contributed by atoms with E-state index in [0.717, 1.165) is 23.6 Å². The highest BCUT2D eigenvalue weighted by Crippen LogP contribution is 2.22. The molecule has 106 valence electrons. The minimum atomic E-state index is -0.931. The van der Waals surface area contributed by atoms with E-state index in [9.17, 15) is 4.79 Å². The fourth-order valence-corrected chi connectivity index (χ4v) is 1.79. The zero-order valence-electron chi connectivity index (χ0n) is 11.3. The minimum Gasteiger partial charge on any atom is -0.478 e. The van der Waals surface area contributed by atoms with Crippen molar-refractivity contribution in [2.45, 2.75) is 6.54 Å². The van der Waals surface area contributed by atoms with Crippen LogP contribution in [0.4, 0.5) is 0 Å². The smallest absolute Gasteiger partial charge is 0.335 e. The highest BCUT2D eigenvalue weighted by Gasteiger charge is 2.06. The summed E-state index contributed by atoms with van der Waals surface area (Å²) in [6, 6.07) is 10.4. The second kappa shape index (κ2) is 6.88. The summed E-state index contributed by atoms with van der Waals surface area (Å²) < 4.78 is 10.6. The predicted molar refractivity (Wildman–Crippen MR) is 74.7 cm³/mol. The number of carboxylic acids is 1. The number of methoxy groups -OCH3 is 1. The van der Waals surface area contributed by atoms with Crippen LogP contribution in [0.3, 0.4) is 0 Å². The molecule has 0 radical (unpaired) electrons. The molecule has 1 aromatic heterocycles. The molecule has 1 heterocycles. The SMILES string of the molecule is COCCNCc1ccc(-c2ccc(C(=O)O)cc2)o1. The minimum absolute atomic E-state index is 0.266. The topological polar surface area (TPSA) is 71.7 Å². The molecular weight excluding hydrogens is 258 g/mol. The monoisotopic (exact) mass is 275 g/mol. The summed E-state index contributed by atoms with van der Waals surface area (Å²) in [6.07, 6.45) is 0. The molecular formula is C15H17NO4. The number of nitrogens with one attached hydrogen (secondary N) is 1. The zero-order chi connectivity index (χ0) is 14.4. The molecule has 0 saturated heterocycles. The van der Waals surface area contributed by atoms with Gasteiger partial charge in [-0.2, -0.15) is 0 Å². The summed E-state index contributed by atoms with van der Waals surface area (Å²) in [6.45, 7) is 2.06. The normalized spacial score (nSPS) is 10.7. The maximum atomic E-state index is 10.8. The number of aromatic carboxylic acids is 1. The highest BCUT2D eigenvalue weighted by molar-refractivity contribution is 5.88. The van der Waals surface area contributed by atoms with Gasteiger partial charge in [0.25, 0.3) is 0 Å². The number of furan rings is 1. The van der Waals surface area contributed by atoms with Crippen LogP contribution in [-0.4, -0.2) is 31.3 Å². The lowest BCUT2D eigenvalue weighted by molar-refractivity contribution is 0.0697. The fourth-order valence-electron chi connectivity index (χ4n) is 1.79. The van der Waals surface area contributed by atoms with Crippen LogP contribution in [0, 0.1) is 0 Å². The molecule has 0 aliphatic heterocycles. The molecule has 0 aliphatic carbocycles. The van der Waals surface area contributed by atoms with E-state index in [-0.39, 0.29) is 5.56 Å². The Morgan fingerprint density at radius 2 is 2.00 bits per heavy atom. The van der Waals surface area contributed by atoms with Crippen molar-refractivity contribution in [3.05, 3.63) is 47.7 Å². The van der Waals surface area contributed by atoms with Crippen molar-refractivity contribution >= 4 is 5.97 Å². The molecule has 0 atom stereocenters. The molecule has 2 rings (SSSR count). The van der Waals surface area contributed by atoms with Crippen LogP contribution in [0.25, 0.3) is 11.3 Å². The van der Waals surface area contributed by atoms with Crippen LogP contribution in [0.1, 0.15) is 16.1 Å². The Kier molecular flexibility index (Phi) is 4.92. The molecule has 0 spiro atoms. The third-order valence-corrected chi connectivity index (χ3v) is 2.86. The van der Waals surface area contributed by atoms with Crippen LogP contribution < -0.4 is 5.32 Å². The molecule has 0 amide bonds. The van der Waals surface area contributed by atoms with E-state index >= 15 is 0 Å². The first-order valence-corrected chi connectivity index (χ1v) is 6.33. The summed E-state index contributed by atoms with van der Waals surface area (Å²) in [5.41, 5.74) is 1.12. The zero-order valence-corrected chi connectivity index (χ0v) is 11.3. The number of hydrogen-bond acceptors (Lipinski definition) is 4. The summed E-state index contributed by atoms with van der Waals surface area (Å²) in [4.78, 5) is 10.8. The van der Waals surface area contributed by atoms with Gasteiger partial charge in [-0.3, -0.25) is 0 Å². The van der Waals surface area contributed by atoms with Crippen molar-refractivity contribution in [3.8, 4) is 11.3 Å². The lowest BCUT2D eigenvalue weighted by Gasteiger charge is -2.01. The van der Waals surface area contributed by atoms with E-state index in [4.69, 9.17) is 14.3 Å². The summed E-state index contributed by atoms with van der Waals surface area (Å²) in [5.74, 6) is 0.628. The fraction of sp³-hybridized carbons (Fsp3) is 0.267. The molecule has 0 fully saturated rings. The van der Waals surface area contributed by atoms with Crippen LogP contribution in [-0.2, 0) is 11.3 Å². The van der Waals surface area contributed by atoms with Crippen molar-refractivity contribution in [2.75, 3.05) is 20.3 Å². The lowest BCUT2D eigenvalue weighted by atomic mass is 10.1. The molecule has 1 aromatic carbocycles. The molecule has 5 heteroatoms. The van der Waals surface area contributed by atoms with Crippen LogP contribution in [0.2, 0.25) is 0 Å². The molecule has 0 aliphatic rings. The Hall–Kier alpha value is -2.11. The molecule has 5 nitrogen and oxygen atoms in total. The van der Waals surface area contributed by atoms with E-state index in [0.29, 0.717) is 13.2 Å². The van der Waals surface area contributed by atoms with Gasteiger partial charge in [-0.1, -0.05) is 12.1 Å². The van der Waals surface area contributed by atoms with Crippen molar-refractivity contribution in [1.29, 1.82) is 0 Å². The van der Waals surface area contributed by atoms with Crippen LogP contribution >= 0.6 is 0 Å². The van der Waals surface area contributed by atoms with Gasteiger partial charge in [0, 0.05) is 19.2 Å². The van der Waals surface area contributed by atoms with Crippen molar-refractivity contribution < 1.29 is 19.1 Å². The lowest BCUT2D eigenvalue weighted by Crippen LogP contribution is -2.18. The van der Waals surface area contributed by atoms with Crippen molar-refractivity contribution in [2.24, 2.45) is 0 Å². The Morgan fingerprint density at radius 3 is 2.65 bits per heavy atom. The van der Waals surface area contributed by atoms with E-state index in [1.54, 1.807) is 31.4 Å². The van der Waals surface area contributed by atoms with Gasteiger partial charge >= 0.3 is 5.97 Å². The molecule has 0 saturated carbocycles. The number of carboxylic acid groups (broad SMARTS) is 1. The number of benzene rings is 1. The molecule has 2 aromatic rings. The summed E-state index contributed by atoms with van der Waals surface area (Å²) in [5, 5.41) is 12.0. The molecule has 2 N–H and O–H groups in total. The highest BCUT2D eigenvalue weighted by atomic mass is 16.5. The Morgan fingerprint density at radius 1 is 1.25 bits per heavy atom. The maximum Gasteiger partial charge on any atom is 0.335 e. The standard InChI is InChI=1S/C15H17NO4/c1-19-9-8-16-10-13-6-7-14(20-13)11-2-4-12(5-3-11)15(17)18/h2-7,16H,8-10H2,1H3,(H,17,18). The predicted octanol–water partition coefficient (Wildman–Crippen LogP) is 2.38. The average Bonchev–Trinajstić information content (AvgIpc) is 2.92. The Labute approximate surface area is 117 Å². The number of carbonyl (C=O) groups is 1. The largest absolute Gasteiger partial charge is 0.478 e. The third kappa shape index (κ3) is 3.69. The number of hydrogen-bond donors (Lipinski definition) is 2. The van der Waals surface area contributed by atoms with Gasteiger partial charge in [-0.25, -0.2) is 4.79 Å². The first kappa shape index (κ1) is 14.3. The third-order valence-electron chi connectivity index (χ3n) is 2.86. The Bertz CT molecular complexity index is 560. The number of ether oxygens (including phenoxy) is 1. The van der Waals surface area contributed by atoms with Gasteiger partial charge < -0.3 is 19.6 Å². The van der Waals surface area contributed by atoms with E-state index in [1.807, 2.05) is 12.1 Å². The maximum absolute atomic E-state index is 10.8. The van der Waals surface area contributed by atoms with Gasteiger partial charge in [-0.05, 0) is 24.3 Å². The van der Waals surface area contributed by atoms with Crippen molar-refractivity contribution in [3.63, 3.8) is 0 Å². The number of rotatable bonds is 7. The van der Waals surface area contributed by atoms with Gasteiger partial charge in [-0.15, -0.1) is 0 Å².